The summed E-state index contributed by atoms with van der Waals surface area (Å²) in [4.78, 5) is 14.3. The van der Waals surface area contributed by atoms with E-state index in [-0.39, 0.29) is 22.7 Å². The maximum absolute atomic E-state index is 14.4. The molecule has 2 aromatic rings. The van der Waals surface area contributed by atoms with E-state index in [1.807, 2.05) is 12.1 Å². The van der Waals surface area contributed by atoms with Crippen LogP contribution in [0.4, 0.5) is 4.39 Å². The summed E-state index contributed by atoms with van der Waals surface area (Å²) in [5, 5.41) is 1.24. The van der Waals surface area contributed by atoms with Crippen LogP contribution in [0.3, 0.4) is 0 Å². The van der Waals surface area contributed by atoms with Crippen molar-refractivity contribution in [3.63, 3.8) is 0 Å². The minimum Gasteiger partial charge on any atom is -0.492 e. The first-order valence-electron chi connectivity index (χ1n) is 10.3. The van der Waals surface area contributed by atoms with Crippen molar-refractivity contribution >= 4 is 50.7 Å². The predicted octanol–water partition coefficient (Wildman–Crippen LogP) is 5.33. The van der Waals surface area contributed by atoms with Gasteiger partial charge in [0.05, 0.1) is 23.4 Å². The molecule has 0 aliphatic carbocycles. The van der Waals surface area contributed by atoms with Gasteiger partial charge in [-0.05, 0) is 68.6 Å². The lowest BCUT2D eigenvalue weighted by Crippen LogP contribution is -2.37. The molecule has 1 unspecified atom stereocenters. The second kappa shape index (κ2) is 10.8. The summed E-state index contributed by atoms with van der Waals surface area (Å²) >= 11 is 18.4. The first kappa shape index (κ1) is 26.0. The summed E-state index contributed by atoms with van der Waals surface area (Å²) in [6.07, 6.45) is 2.57. The quantitative estimate of drug-likeness (QED) is 0.517. The lowest BCUT2D eigenvalue weighted by molar-refractivity contribution is 0.0977. The van der Waals surface area contributed by atoms with Gasteiger partial charge in [-0.1, -0.05) is 34.8 Å². The molecule has 1 saturated heterocycles. The largest absolute Gasteiger partial charge is 0.492 e. The normalized spacial score (nSPS) is 16.4. The molecule has 1 aliphatic rings. The number of halogens is 4. The molecule has 1 aliphatic heterocycles. The third-order valence-electron chi connectivity index (χ3n) is 5.58. The van der Waals surface area contributed by atoms with E-state index in [0.717, 1.165) is 49.9 Å². The van der Waals surface area contributed by atoms with Gasteiger partial charge in [0.15, 0.2) is 0 Å². The van der Waals surface area contributed by atoms with Crippen molar-refractivity contribution in [2.45, 2.75) is 25.8 Å². The number of nitrogens with zero attached hydrogens (tertiary/aromatic N) is 1. The van der Waals surface area contributed by atoms with Gasteiger partial charge in [0.2, 0.25) is 10.0 Å². The van der Waals surface area contributed by atoms with Gasteiger partial charge >= 0.3 is 0 Å². The van der Waals surface area contributed by atoms with Crippen molar-refractivity contribution in [1.29, 1.82) is 0 Å². The summed E-state index contributed by atoms with van der Waals surface area (Å²) < 4.78 is 44.2. The van der Waals surface area contributed by atoms with E-state index in [0.29, 0.717) is 16.7 Å². The molecule has 33 heavy (non-hydrogen) atoms. The molecular weight excluding hydrogens is 514 g/mol. The van der Waals surface area contributed by atoms with Gasteiger partial charge in [0.25, 0.3) is 5.91 Å². The lowest BCUT2D eigenvalue weighted by Gasteiger charge is -2.36. The van der Waals surface area contributed by atoms with Crippen LogP contribution in [-0.4, -0.2) is 45.2 Å². The predicted molar refractivity (Wildman–Crippen MR) is 128 cm³/mol. The molecule has 1 fully saturated rings. The highest BCUT2D eigenvalue weighted by Gasteiger charge is 2.25. The second-order valence-electron chi connectivity index (χ2n) is 8.13. The number of piperidine rings is 1. The van der Waals surface area contributed by atoms with Crippen LogP contribution in [0.1, 0.15) is 41.7 Å². The fourth-order valence-corrected chi connectivity index (χ4v) is 4.99. The average Bonchev–Trinajstić information content (AvgIpc) is 2.72. The number of likely N-dealkylation sites (tertiary alicyclic amines) is 1. The first-order chi connectivity index (χ1) is 15.4. The molecule has 1 atom stereocenters. The Kier molecular flexibility index (Phi) is 8.50. The summed E-state index contributed by atoms with van der Waals surface area (Å²) in [5.41, 5.74) is 0.589. The van der Waals surface area contributed by atoms with Crippen LogP contribution in [0.5, 0.6) is 5.75 Å². The Bertz CT molecular complexity index is 1120. The van der Waals surface area contributed by atoms with Gasteiger partial charge in [-0.3, -0.25) is 9.69 Å². The molecule has 0 saturated carbocycles. The molecule has 1 amide bonds. The number of carbonyl (C=O) groups is 1. The Morgan fingerprint density at radius 1 is 1.15 bits per heavy atom. The van der Waals surface area contributed by atoms with Crippen molar-refractivity contribution in [2.75, 3.05) is 26.0 Å². The Morgan fingerprint density at radius 2 is 1.76 bits per heavy atom. The number of rotatable bonds is 7. The summed E-state index contributed by atoms with van der Waals surface area (Å²) in [5.74, 6) is -1.65. The van der Waals surface area contributed by atoms with Gasteiger partial charge in [-0.15, -0.1) is 0 Å². The third-order valence-corrected chi connectivity index (χ3v) is 6.87. The average molecular weight is 538 g/mol. The fraction of sp³-hybridized carbons (Fsp3) is 0.409. The van der Waals surface area contributed by atoms with E-state index in [1.54, 1.807) is 10.8 Å². The second-order valence-corrected chi connectivity index (χ2v) is 11.2. The molecule has 3 rings (SSSR count). The molecule has 1 heterocycles. The zero-order valence-corrected chi connectivity index (χ0v) is 21.2. The molecule has 180 valence electrons. The van der Waals surface area contributed by atoms with Crippen molar-refractivity contribution < 1.29 is 22.3 Å². The number of sulfonamides is 1. The minimum absolute atomic E-state index is 0.0268. The number of carbonyl (C=O) groups excluding carboxylic acids is 1. The monoisotopic (exact) mass is 536 g/mol. The van der Waals surface area contributed by atoms with Gasteiger partial charge < -0.3 is 4.74 Å². The van der Waals surface area contributed by atoms with Crippen molar-refractivity contribution in [3.8, 4) is 5.75 Å². The van der Waals surface area contributed by atoms with E-state index in [2.05, 4.69) is 11.8 Å². The minimum atomic E-state index is -3.83. The standard InChI is InChI=1S/C22H24Cl3FN2O4S/c1-13(15-7-16(23)9-17(24)8-15)28-5-3-14(4-6-28)12-32-21-11-20(26)18(10-19(21)25)22(29)27-33(2,30)31/h7-11,13-14H,3-6,12H2,1-2H3,(H,27,29). The Labute approximate surface area is 208 Å². The number of nitrogens with one attached hydrogen (secondary N) is 1. The van der Waals surface area contributed by atoms with E-state index in [1.165, 1.54) is 0 Å². The molecule has 0 bridgehead atoms. The molecule has 6 nitrogen and oxygen atoms in total. The third kappa shape index (κ3) is 7.20. The first-order valence-corrected chi connectivity index (χ1v) is 13.3. The van der Waals surface area contributed by atoms with E-state index in [9.17, 15) is 17.6 Å². The highest BCUT2D eigenvalue weighted by atomic mass is 35.5. The van der Waals surface area contributed by atoms with Crippen molar-refractivity contribution in [3.05, 3.63) is 62.3 Å². The molecule has 11 heteroatoms. The van der Waals surface area contributed by atoms with Crippen LogP contribution in [0.25, 0.3) is 0 Å². The van der Waals surface area contributed by atoms with Crippen LogP contribution in [-0.2, 0) is 10.0 Å². The zero-order chi connectivity index (χ0) is 24.3. The zero-order valence-electron chi connectivity index (χ0n) is 18.1. The molecule has 0 spiro atoms. The van der Waals surface area contributed by atoms with Crippen LogP contribution in [0.15, 0.2) is 30.3 Å². The van der Waals surface area contributed by atoms with Gasteiger partial charge in [0, 0.05) is 22.2 Å². The molecule has 0 aromatic heterocycles. The number of hydrogen-bond acceptors (Lipinski definition) is 5. The number of ether oxygens (including phenoxy) is 1. The number of hydrogen-bond donors (Lipinski definition) is 1. The summed E-state index contributed by atoms with van der Waals surface area (Å²) in [7, 11) is -3.83. The maximum Gasteiger partial charge on any atom is 0.267 e. The maximum atomic E-state index is 14.4. The van der Waals surface area contributed by atoms with E-state index >= 15 is 0 Å². The van der Waals surface area contributed by atoms with Gasteiger partial charge in [-0.2, -0.15) is 0 Å². The molecular formula is C22H24Cl3FN2O4S. The summed E-state index contributed by atoms with van der Waals surface area (Å²) in [6.45, 7) is 4.17. The van der Waals surface area contributed by atoms with Crippen LogP contribution in [0, 0.1) is 11.7 Å². The van der Waals surface area contributed by atoms with Crippen LogP contribution < -0.4 is 9.46 Å². The lowest BCUT2D eigenvalue weighted by atomic mass is 9.95. The molecule has 0 radical (unpaired) electrons. The van der Waals surface area contributed by atoms with Crippen molar-refractivity contribution in [1.82, 2.24) is 9.62 Å². The Hall–Kier alpha value is -1.58. The molecule has 2 aromatic carbocycles. The number of amides is 1. The van der Waals surface area contributed by atoms with Gasteiger partial charge in [0.1, 0.15) is 11.6 Å². The van der Waals surface area contributed by atoms with Crippen LogP contribution >= 0.6 is 34.8 Å². The Morgan fingerprint density at radius 3 is 2.33 bits per heavy atom. The smallest absolute Gasteiger partial charge is 0.267 e. The fourth-order valence-electron chi connectivity index (χ4n) is 3.78. The van der Waals surface area contributed by atoms with E-state index in [4.69, 9.17) is 39.5 Å². The van der Waals surface area contributed by atoms with E-state index < -0.39 is 27.3 Å². The van der Waals surface area contributed by atoms with Crippen LogP contribution in [0.2, 0.25) is 15.1 Å². The Balaban J connectivity index is 1.56. The SMILES string of the molecule is CC(c1cc(Cl)cc(Cl)c1)N1CCC(COc2cc(F)c(C(=O)NS(C)(=O)=O)cc2Cl)CC1. The topological polar surface area (TPSA) is 75.7 Å². The highest BCUT2D eigenvalue weighted by Crippen LogP contribution is 2.32. The highest BCUT2D eigenvalue weighted by molar-refractivity contribution is 7.89. The van der Waals surface area contributed by atoms with Gasteiger partial charge in [-0.25, -0.2) is 17.5 Å². The van der Waals surface area contributed by atoms with Crippen molar-refractivity contribution in [2.24, 2.45) is 5.92 Å². The molecule has 1 N–H and O–H groups in total. The summed E-state index contributed by atoms with van der Waals surface area (Å²) in [6, 6.07) is 7.78. The number of benzene rings is 2.